The van der Waals surface area contributed by atoms with Crippen LogP contribution in [0.1, 0.15) is 344 Å². The van der Waals surface area contributed by atoms with Crippen LogP contribution in [-0.2, 0) is 76.8 Å². The number of nitrogens with zero attached hydrogens (tertiary/aromatic N) is 2. The van der Waals surface area contributed by atoms with Gasteiger partial charge < -0.3 is 9.80 Å². The van der Waals surface area contributed by atoms with Gasteiger partial charge in [0.15, 0.2) is 0 Å². The minimum absolute atomic E-state index is 0.0109. The van der Waals surface area contributed by atoms with Crippen LogP contribution in [0.4, 0.5) is 34.1 Å². The van der Waals surface area contributed by atoms with E-state index in [-0.39, 0.29) is 70.4 Å². The molecule has 21 rings (SSSR count). The summed E-state index contributed by atoms with van der Waals surface area (Å²) in [6, 6.07) is 99.8. The van der Waals surface area contributed by atoms with Crippen molar-refractivity contribution in [3.05, 3.63) is 386 Å². The molecule has 0 radical (unpaired) electrons. The van der Waals surface area contributed by atoms with Gasteiger partial charge in [0.2, 0.25) is 0 Å². The summed E-state index contributed by atoms with van der Waals surface area (Å²) in [4.78, 5) is 5.12. The molecule has 0 amide bonds. The maximum absolute atomic E-state index is 3.67. The molecule has 0 fully saturated rings. The van der Waals surface area contributed by atoms with Crippen molar-refractivity contribution in [2.24, 2.45) is 0 Å². The van der Waals surface area contributed by atoms with Crippen LogP contribution < -0.4 is 9.80 Å². The molecule has 0 spiro atoms. The lowest BCUT2D eigenvalue weighted by molar-refractivity contribution is 0.565. The van der Waals surface area contributed by atoms with Crippen LogP contribution >= 0.6 is 31.9 Å². The van der Waals surface area contributed by atoms with Crippen molar-refractivity contribution in [2.45, 2.75) is 298 Å². The third-order valence-electron chi connectivity index (χ3n) is 32.6. The molecule has 5 aliphatic carbocycles. The van der Waals surface area contributed by atoms with E-state index in [1.54, 1.807) is 0 Å². The molecule has 7 aliphatic rings. The van der Waals surface area contributed by atoms with E-state index in [9.17, 15) is 0 Å². The fourth-order valence-electron chi connectivity index (χ4n) is 23.7. The van der Waals surface area contributed by atoms with E-state index in [2.05, 4.69) is 518 Å². The van der Waals surface area contributed by atoms with Gasteiger partial charge in [0, 0.05) is 58.2 Å². The first kappa shape index (κ1) is 92.7. The number of fused-ring (bicyclic) bond motifs is 18. The monoisotopic (exact) mass is 1890 g/mol. The first-order valence-electron chi connectivity index (χ1n) is 49.3. The lowest BCUT2D eigenvalue weighted by Crippen LogP contribution is -2.32. The highest BCUT2D eigenvalue weighted by Gasteiger charge is 2.47. The first-order valence-corrected chi connectivity index (χ1v) is 50.8. The largest absolute Gasteiger partial charge is 0.310 e. The van der Waals surface area contributed by atoms with Crippen LogP contribution in [-0.4, -0.2) is 0 Å². The summed E-state index contributed by atoms with van der Waals surface area (Å²) in [5.74, 6) is 0. The summed E-state index contributed by atoms with van der Waals surface area (Å²) in [5.41, 5.74) is 54.3. The van der Waals surface area contributed by atoms with E-state index in [1.165, 1.54) is 223 Å². The second-order valence-corrected chi connectivity index (χ2v) is 52.1. The Morgan fingerprint density at radius 1 is 0.187 bits per heavy atom. The molecule has 684 valence electrons. The third kappa shape index (κ3) is 15.0. The van der Waals surface area contributed by atoms with Crippen molar-refractivity contribution < 1.29 is 0 Å². The zero-order valence-corrected chi connectivity index (χ0v) is 89.3. The molecule has 14 aromatic carbocycles. The zero-order chi connectivity index (χ0) is 96.3. The number of halogens is 2. The average Bonchev–Trinajstić information content (AvgIpc) is 1.47. The molecule has 2 aliphatic heterocycles. The topological polar surface area (TPSA) is 6.48 Å². The minimum atomic E-state index is -0.213. The van der Waals surface area contributed by atoms with E-state index in [4.69, 9.17) is 0 Å². The maximum atomic E-state index is 3.67. The molecule has 0 unspecified atom stereocenters. The molecule has 2 heterocycles. The van der Waals surface area contributed by atoms with Crippen molar-refractivity contribution in [2.75, 3.05) is 9.80 Å². The quantitative estimate of drug-likeness (QED) is 0.173. The third-order valence-corrected chi connectivity index (χ3v) is 33.6. The number of hydrogen-bond acceptors (Lipinski definition) is 2. The van der Waals surface area contributed by atoms with Gasteiger partial charge >= 0.3 is 0 Å². The Balaban J connectivity index is 0.000000166. The Morgan fingerprint density at radius 2 is 0.373 bits per heavy atom. The standard InChI is InChI=1S/C76H84N2.C30H24Br2.C24H32/c1-69(2,3)47-23-33-65-61(39-47)75(17,18)62-40-48(70(4,5)6)24-34-66(62)77(65)51-27-31-55-53-29-21-45(37-57(53)73(13,14)59(55)43-51)46-22-30-54-56-32-28-52(44-60(56)74(15,16)58(54)38-46)78-67-35-25-49(71(7,8)9)41-63(67)76(19,20)64-42-50(72(10,11)12)26-36-68(64)78;1-29(2)25-13-17(5-9-21(25)23-11-7-19(31)15-27(23)29)18-6-10-22-24-12-8-20(32)16-28(24)30(3,4)26(22)14-18;1-22(2,3)18-11-9-16-13-17-10-12-19(23(4,5)6)15-21(17)24(7,8)20(16)14-18/h21-44H,1-20H3;5-16H,1-4H3;9-12,14-15H,13H2,1-8H3. The van der Waals surface area contributed by atoms with E-state index >= 15 is 0 Å². The van der Waals surface area contributed by atoms with Gasteiger partial charge in [-0.05, 0) is 325 Å². The van der Waals surface area contributed by atoms with E-state index in [0.717, 1.165) is 15.4 Å². The van der Waals surface area contributed by atoms with Gasteiger partial charge in [-0.1, -0.05) is 411 Å². The molecule has 134 heavy (non-hydrogen) atoms. The Labute approximate surface area is 820 Å². The fourth-order valence-corrected chi connectivity index (χ4v) is 24.4. The van der Waals surface area contributed by atoms with Gasteiger partial charge in [-0.25, -0.2) is 0 Å². The highest BCUT2D eigenvalue weighted by molar-refractivity contribution is 9.10. The molecule has 0 saturated carbocycles. The summed E-state index contributed by atoms with van der Waals surface area (Å²) in [6.07, 6.45) is 1.06. The molecule has 4 heteroatoms. The Hall–Kier alpha value is -10.4. The average molecular weight is 1890 g/mol. The van der Waals surface area contributed by atoms with Gasteiger partial charge in [0.05, 0.1) is 22.7 Å². The van der Waals surface area contributed by atoms with Crippen LogP contribution in [0.25, 0.3) is 66.8 Å². The second kappa shape index (κ2) is 30.8. The summed E-state index contributed by atoms with van der Waals surface area (Å²) in [5, 5.41) is 0. The predicted molar refractivity (Wildman–Crippen MR) is 583 cm³/mol. The SMILES string of the molecule is CC(C)(C)c1ccc2c(c1)C(C)(C)c1cc(C(C)(C)C)ccc1C2.CC(C)(C)c1ccc2c(c1)C(C)(C)c1cc(C(C)(C)C)ccc1N2c1ccc2c(c1)C(C)(C)c1cc(-c3ccc4c(c3)C(C)(C)c3cc(N5c6ccc(C(C)(C)C)cc6C(C)(C)c6cc(C(C)(C)C)ccc65)ccc3-4)ccc1-2.CC1(C)c2cc(Br)ccc2-c2ccc(-c3ccc4c(c3)C(C)(C)c3cc(Br)ccc3-4)cc21. The molecule has 2 nitrogen and oxygen atoms in total. The Morgan fingerprint density at radius 3 is 0.612 bits per heavy atom. The lowest BCUT2D eigenvalue weighted by atomic mass is 9.66. The van der Waals surface area contributed by atoms with Crippen LogP contribution in [0, 0.1) is 0 Å². The number of anilines is 6. The zero-order valence-electron chi connectivity index (χ0n) is 86.1. The van der Waals surface area contributed by atoms with Gasteiger partial charge in [0.25, 0.3) is 0 Å². The van der Waals surface area contributed by atoms with Gasteiger partial charge in [-0.3, -0.25) is 0 Å². The van der Waals surface area contributed by atoms with E-state index in [0.29, 0.717) is 0 Å². The normalized spacial score (nSPS) is 16.8. The van der Waals surface area contributed by atoms with Crippen LogP contribution in [0.2, 0.25) is 0 Å². The number of benzene rings is 14. The van der Waals surface area contributed by atoms with Crippen LogP contribution in [0.15, 0.2) is 264 Å². The molecule has 0 atom stereocenters. The van der Waals surface area contributed by atoms with Gasteiger partial charge in [-0.2, -0.15) is 0 Å². The Kier molecular flexibility index (Phi) is 21.3. The predicted octanol–water partition coefficient (Wildman–Crippen LogP) is 37.4. The van der Waals surface area contributed by atoms with E-state index in [1.807, 2.05) is 0 Å². The van der Waals surface area contributed by atoms with Gasteiger partial charge in [-0.15, -0.1) is 0 Å². The molecule has 0 saturated heterocycles. The molecule has 0 N–H and O–H groups in total. The number of hydrogen-bond donors (Lipinski definition) is 0. The Bertz CT molecular complexity index is 6690. The van der Waals surface area contributed by atoms with Crippen molar-refractivity contribution in [1.82, 2.24) is 0 Å². The highest BCUT2D eigenvalue weighted by Crippen LogP contribution is 2.62. The lowest BCUT2D eigenvalue weighted by Gasteiger charge is -2.43. The molecule has 0 bridgehead atoms. The minimum Gasteiger partial charge on any atom is -0.310 e. The smallest absolute Gasteiger partial charge is 0.0502 e. The molecule has 0 aromatic heterocycles. The van der Waals surface area contributed by atoms with E-state index < -0.39 is 0 Å². The first-order chi connectivity index (χ1) is 62.3. The van der Waals surface area contributed by atoms with Crippen molar-refractivity contribution in [3.8, 4) is 66.8 Å². The van der Waals surface area contributed by atoms with Crippen LogP contribution in [0.5, 0.6) is 0 Å². The van der Waals surface area contributed by atoms with Crippen LogP contribution in [0.3, 0.4) is 0 Å². The molecular formula is C130H140Br2N2. The van der Waals surface area contributed by atoms with Crippen molar-refractivity contribution in [1.29, 1.82) is 0 Å². The summed E-state index contributed by atoms with van der Waals surface area (Å²) in [7, 11) is 0. The fraction of sp³-hybridized carbons (Fsp3) is 0.354. The maximum Gasteiger partial charge on any atom is 0.0502 e. The number of rotatable bonds is 4. The summed E-state index contributed by atoms with van der Waals surface area (Å²) in [6.45, 7) is 75.4. The summed E-state index contributed by atoms with van der Waals surface area (Å²) >= 11 is 7.33. The molecule has 14 aromatic rings. The summed E-state index contributed by atoms with van der Waals surface area (Å²) < 4.78 is 2.29. The second-order valence-electron chi connectivity index (χ2n) is 50.3. The van der Waals surface area contributed by atoms with Crippen molar-refractivity contribution >= 4 is 66.0 Å². The highest BCUT2D eigenvalue weighted by atomic mass is 79.9. The molecular weight excluding hydrogens is 1750 g/mol. The van der Waals surface area contributed by atoms with Crippen molar-refractivity contribution in [3.63, 3.8) is 0 Å². The van der Waals surface area contributed by atoms with Gasteiger partial charge in [0.1, 0.15) is 0 Å².